The monoisotopic (exact) mass is 254 g/mol. The summed E-state index contributed by atoms with van der Waals surface area (Å²) in [6.07, 6.45) is 1.43. The number of nitrogens with one attached hydrogen (secondary N) is 1. The molecule has 0 aliphatic rings. The lowest BCUT2D eigenvalue weighted by atomic mass is 10.1. The Bertz CT molecular complexity index is 677. The van der Waals surface area contributed by atoms with E-state index in [1.807, 2.05) is 6.07 Å². The van der Waals surface area contributed by atoms with Gasteiger partial charge >= 0.3 is 5.97 Å². The number of aromatic carboxylic acids is 1. The number of hydrogen-bond acceptors (Lipinski definition) is 5. The van der Waals surface area contributed by atoms with E-state index in [-0.39, 0.29) is 5.56 Å². The fourth-order valence-corrected chi connectivity index (χ4v) is 1.63. The van der Waals surface area contributed by atoms with Gasteiger partial charge in [0.2, 0.25) is 0 Å². The van der Waals surface area contributed by atoms with Crippen molar-refractivity contribution in [1.82, 2.24) is 10.2 Å². The molecule has 94 valence electrons. The Balaban J connectivity index is 2.32. The van der Waals surface area contributed by atoms with Crippen molar-refractivity contribution in [3.63, 3.8) is 0 Å². The molecule has 1 heterocycles. The molecule has 0 unspecified atom stereocenters. The first-order chi connectivity index (χ1) is 9.11. The van der Waals surface area contributed by atoms with Gasteiger partial charge in [-0.05, 0) is 36.8 Å². The summed E-state index contributed by atoms with van der Waals surface area (Å²) in [4.78, 5) is 10.9. The lowest BCUT2D eigenvalue weighted by molar-refractivity contribution is 0.0696. The first kappa shape index (κ1) is 12.5. The van der Waals surface area contributed by atoms with Crippen LogP contribution in [0.1, 0.15) is 21.5 Å². The highest BCUT2D eigenvalue weighted by atomic mass is 16.4. The molecule has 0 aliphatic carbocycles. The largest absolute Gasteiger partial charge is 0.478 e. The van der Waals surface area contributed by atoms with E-state index < -0.39 is 5.97 Å². The third-order valence-electron chi connectivity index (χ3n) is 2.56. The van der Waals surface area contributed by atoms with E-state index in [0.29, 0.717) is 22.6 Å². The fourth-order valence-electron chi connectivity index (χ4n) is 1.63. The van der Waals surface area contributed by atoms with Crippen molar-refractivity contribution in [2.24, 2.45) is 0 Å². The van der Waals surface area contributed by atoms with Crippen molar-refractivity contribution in [2.75, 3.05) is 5.32 Å². The molecule has 0 saturated carbocycles. The maximum absolute atomic E-state index is 10.9. The van der Waals surface area contributed by atoms with Crippen LogP contribution in [0, 0.1) is 18.3 Å². The summed E-state index contributed by atoms with van der Waals surface area (Å²) in [7, 11) is 0. The average molecular weight is 254 g/mol. The number of hydrogen-bond donors (Lipinski definition) is 2. The minimum Gasteiger partial charge on any atom is -0.478 e. The van der Waals surface area contributed by atoms with Crippen molar-refractivity contribution in [3.8, 4) is 6.07 Å². The van der Waals surface area contributed by atoms with Gasteiger partial charge in [0.1, 0.15) is 6.07 Å². The molecular formula is C13H10N4O2. The average Bonchev–Trinajstić information content (AvgIpc) is 2.39. The van der Waals surface area contributed by atoms with Crippen molar-refractivity contribution < 1.29 is 9.90 Å². The number of carbonyl (C=O) groups is 1. The van der Waals surface area contributed by atoms with Crippen LogP contribution in [0.4, 0.5) is 11.5 Å². The zero-order valence-corrected chi connectivity index (χ0v) is 10.1. The minimum atomic E-state index is -0.971. The quantitative estimate of drug-likeness (QED) is 0.870. The number of rotatable bonds is 3. The second-order valence-electron chi connectivity index (χ2n) is 3.87. The molecule has 0 bridgehead atoms. The van der Waals surface area contributed by atoms with E-state index in [2.05, 4.69) is 15.5 Å². The summed E-state index contributed by atoms with van der Waals surface area (Å²) in [6.45, 7) is 1.70. The summed E-state index contributed by atoms with van der Waals surface area (Å²) in [5.74, 6) is -0.631. The fraction of sp³-hybridized carbons (Fsp3) is 0.0769. The van der Waals surface area contributed by atoms with Crippen LogP contribution in [0.3, 0.4) is 0 Å². The van der Waals surface area contributed by atoms with Crippen LogP contribution in [0.25, 0.3) is 0 Å². The molecule has 0 saturated heterocycles. The lowest BCUT2D eigenvalue weighted by Gasteiger charge is -2.08. The molecule has 2 aromatic rings. The lowest BCUT2D eigenvalue weighted by Crippen LogP contribution is -2.02. The normalized spacial score (nSPS) is 9.68. The maximum atomic E-state index is 10.9. The van der Waals surface area contributed by atoms with Crippen LogP contribution in [-0.4, -0.2) is 21.3 Å². The number of benzene rings is 1. The number of aromatic nitrogens is 2. The Kier molecular flexibility index (Phi) is 3.39. The molecule has 0 fully saturated rings. The molecule has 0 aliphatic heterocycles. The van der Waals surface area contributed by atoms with Crippen molar-refractivity contribution in [3.05, 3.63) is 47.2 Å². The van der Waals surface area contributed by atoms with Gasteiger partial charge in [-0.25, -0.2) is 4.79 Å². The van der Waals surface area contributed by atoms with Gasteiger partial charge in [-0.15, -0.1) is 5.10 Å². The van der Waals surface area contributed by atoms with Crippen LogP contribution >= 0.6 is 0 Å². The van der Waals surface area contributed by atoms with E-state index in [9.17, 15) is 4.79 Å². The van der Waals surface area contributed by atoms with Crippen molar-refractivity contribution in [1.29, 1.82) is 5.26 Å². The number of nitriles is 1. The topological polar surface area (TPSA) is 98.9 Å². The highest BCUT2D eigenvalue weighted by Crippen LogP contribution is 2.20. The summed E-state index contributed by atoms with van der Waals surface area (Å²) in [6, 6.07) is 8.35. The highest BCUT2D eigenvalue weighted by molar-refractivity contribution is 5.90. The Hall–Kier alpha value is -2.94. The van der Waals surface area contributed by atoms with Crippen molar-refractivity contribution >= 4 is 17.5 Å². The number of carboxylic acids is 1. The van der Waals surface area contributed by atoms with Gasteiger partial charge in [0.15, 0.2) is 5.82 Å². The summed E-state index contributed by atoms with van der Waals surface area (Å²) >= 11 is 0. The molecule has 2 N–H and O–H groups in total. The molecule has 1 aromatic carbocycles. The van der Waals surface area contributed by atoms with Gasteiger partial charge in [0.05, 0.1) is 17.3 Å². The first-order valence-electron chi connectivity index (χ1n) is 5.44. The Labute approximate surface area is 109 Å². The first-order valence-corrected chi connectivity index (χ1v) is 5.44. The zero-order chi connectivity index (χ0) is 13.8. The summed E-state index contributed by atoms with van der Waals surface area (Å²) in [5, 5.41) is 28.3. The third-order valence-corrected chi connectivity index (χ3v) is 2.56. The van der Waals surface area contributed by atoms with Gasteiger partial charge < -0.3 is 10.4 Å². The Morgan fingerprint density at radius 3 is 2.84 bits per heavy atom. The summed E-state index contributed by atoms with van der Waals surface area (Å²) in [5.41, 5.74) is 1.89. The molecule has 19 heavy (non-hydrogen) atoms. The number of aryl methyl sites for hydroxylation is 1. The second kappa shape index (κ2) is 5.14. The zero-order valence-electron chi connectivity index (χ0n) is 10.1. The molecule has 6 nitrogen and oxygen atoms in total. The van der Waals surface area contributed by atoms with Crippen LogP contribution in [0.5, 0.6) is 0 Å². The molecule has 0 radical (unpaired) electrons. The van der Waals surface area contributed by atoms with Crippen LogP contribution in [0.15, 0.2) is 30.5 Å². The Morgan fingerprint density at radius 1 is 1.42 bits per heavy atom. The smallest absolute Gasteiger partial charge is 0.335 e. The molecule has 0 spiro atoms. The van der Waals surface area contributed by atoms with Gasteiger partial charge in [-0.2, -0.15) is 10.4 Å². The SMILES string of the molecule is Cc1cc(Nc2nnccc2C#N)ccc1C(=O)O. The number of nitrogens with zero attached hydrogens (tertiary/aromatic N) is 3. The summed E-state index contributed by atoms with van der Waals surface area (Å²) < 4.78 is 0. The van der Waals surface area contributed by atoms with E-state index in [4.69, 9.17) is 10.4 Å². The molecular weight excluding hydrogens is 244 g/mol. The Morgan fingerprint density at radius 2 is 2.21 bits per heavy atom. The van der Waals surface area contributed by atoms with E-state index >= 15 is 0 Å². The van der Waals surface area contributed by atoms with Gasteiger partial charge in [-0.1, -0.05) is 0 Å². The predicted octanol–water partition coefficient (Wildman–Crippen LogP) is 2.10. The predicted molar refractivity (Wildman–Crippen MR) is 68.2 cm³/mol. The van der Waals surface area contributed by atoms with E-state index in [1.54, 1.807) is 25.1 Å². The van der Waals surface area contributed by atoms with Crippen LogP contribution < -0.4 is 5.32 Å². The van der Waals surface area contributed by atoms with Gasteiger partial charge in [0.25, 0.3) is 0 Å². The molecule has 0 amide bonds. The van der Waals surface area contributed by atoms with Crippen LogP contribution in [0.2, 0.25) is 0 Å². The van der Waals surface area contributed by atoms with Gasteiger partial charge in [-0.3, -0.25) is 0 Å². The van der Waals surface area contributed by atoms with Crippen LogP contribution in [-0.2, 0) is 0 Å². The highest BCUT2D eigenvalue weighted by Gasteiger charge is 2.09. The molecule has 6 heteroatoms. The number of anilines is 2. The van der Waals surface area contributed by atoms with Crippen molar-refractivity contribution in [2.45, 2.75) is 6.92 Å². The number of carboxylic acid groups (broad SMARTS) is 1. The van der Waals surface area contributed by atoms with E-state index in [0.717, 1.165) is 0 Å². The van der Waals surface area contributed by atoms with Gasteiger partial charge in [0, 0.05) is 5.69 Å². The third kappa shape index (κ3) is 2.66. The molecule has 2 rings (SSSR count). The maximum Gasteiger partial charge on any atom is 0.335 e. The minimum absolute atomic E-state index is 0.241. The van der Waals surface area contributed by atoms with E-state index in [1.165, 1.54) is 12.3 Å². The molecule has 1 aromatic heterocycles. The standard InChI is InChI=1S/C13H10N4O2/c1-8-6-10(2-3-11(8)13(18)19)16-12-9(7-14)4-5-15-17-12/h2-6H,1H3,(H,16,17)(H,18,19). The second-order valence-corrected chi connectivity index (χ2v) is 3.87. The molecule has 0 atom stereocenters.